The molecular formula is C26H32N4O5. The fraction of sp³-hybridized carbons (Fsp3) is 0.423. The number of anilines is 1. The Morgan fingerprint density at radius 3 is 2.31 bits per heavy atom. The predicted octanol–water partition coefficient (Wildman–Crippen LogP) is 4.16. The van der Waals surface area contributed by atoms with Crippen molar-refractivity contribution in [3.63, 3.8) is 0 Å². The molecule has 35 heavy (non-hydrogen) atoms. The zero-order valence-electron chi connectivity index (χ0n) is 20.4. The Hall–Kier alpha value is -3.75. The number of hydrogen-bond acceptors (Lipinski definition) is 5. The van der Waals surface area contributed by atoms with Crippen LogP contribution in [0.15, 0.2) is 47.3 Å². The van der Waals surface area contributed by atoms with Crippen molar-refractivity contribution in [3.05, 3.63) is 52.9 Å². The monoisotopic (exact) mass is 480 g/mol. The van der Waals surface area contributed by atoms with Crippen LogP contribution in [0.1, 0.15) is 32.6 Å². The molecule has 0 unspecified atom stereocenters. The molecule has 4 rings (SSSR count). The van der Waals surface area contributed by atoms with E-state index in [0.717, 1.165) is 25.7 Å². The summed E-state index contributed by atoms with van der Waals surface area (Å²) in [7, 11) is 3.40. The smallest absolute Gasteiger partial charge is 0.328 e. The first-order valence-corrected chi connectivity index (χ1v) is 12.0. The summed E-state index contributed by atoms with van der Waals surface area (Å²) in [5.74, 6) is 1.21. The summed E-state index contributed by atoms with van der Waals surface area (Å²) in [6, 6.07) is 12.4. The van der Waals surface area contributed by atoms with Crippen molar-refractivity contribution in [1.29, 1.82) is 0 Å². The maximum Gasteiger partial charge on any atom is 0.328 e. The minimum Gasteiger partial charge on any atom is -0.466 e. The standard InChI is InChI=1S/C26H32N4O5/c1-4-34-24(31)18-12-10-17(11-13-18)16-27-25(32)28-20-14-21-22(30(3)26(33)29(21)2)15-23(20)35-19-8-6-5-7-9-19/h5-9,14-15,17-18H,4,10-13,16H2,1-3H3,(H2,27,28,32). The van der Waals surface area contributed by atoms with E-state index in [-0.39, 0.29) is 23.6 Å². The molecule has 0 atom stereocenters. The summed E-state index contributed by atoms with van der Waals surface area (Å²) >= 11 is 0. The van der Waals surface area contributed by atoms with E-state index in [9.17, 15) is 14.4 Å². The zero-order chi connectivity index (χ0) is 24.9. The number of carbonyl (C=O) groups is 2. The molecule has 1 fully saturated rings. The number of benzene rings is 2. The van der Waals surface area contributed by atoms with Crippen LogP contribution in [-0.4, -0.2) is 34.3 Å². The number of carbonyl (C=O) groups excluding carboxylic acids is 2. The van der Waals surface area contributed by atoms with Gasteiger partial charge in [0.1, 0.15) is 5.75 Å². The maximum absolute atomic E-state index is 12.8. The number of imidazole rings is 1. The van der Waals surface area contributed by atoms with Crippen molar-refractivity contribution in [2.45, 2.75) is 32.6 Å². The van der Waals surface area contributed by atoms with Gasteiger partial charge in [0.2, 0.25) is 0 Å². The molecule has 1 aliphatic carbocycles. The Bertz CT molecular complexity index is 1260. The molecule has 1 heterocycles. The second kappa shape index (κ2) is 10.7. The molecule has 1 aliphatic rings. The molecule has 2 aromatic carbocycles. The minimum atomic E-state index is -0.351. The average molecular weight is 481 g/mol. The van der Waals surface area contributed by atoms with Gasteiger partial charge >= 0.3 is 17.7 Å². The molecule has 186 valence electrons. The lowest BCUT2D eigenvalue weighted by molar-refractivity contribution is -0.149. The van der Waals surface area contributed by atoms with Gasteiger partial charge in [-0.25, -0.2) is 9.59 Å². The van der Waals surface area contributed by atoms with Crippen LogP contribution in [0.25, 0.3) is 11.0 Å². The molecular weight excluding hydrogens is 448 g/mol. The number of urea groups is 1. The van der Waals surface area contributed by atoms with Gasteiger partial charge in [0.05, 0.1) is 29.2 Å². The fourth-order valence-electron chi connectivity index (χ4n) is 4.59. The number of ether oxygens (including phenoxy) is 2. The van der Waals surface area contributed by atoms with E-state index in [4.69, 9.17) is 9.47 Å². The first-order chi connectivity index (χ1) is 16.9. The number of esters is 1. The van der Waals surface area contributed by atoms with Crippen molar-refractivity contribution in [1.82, 2.24) is 14.5 Å². The molecule has 0 aliphatic heterocycles. The Morgan fingerprint density at radius 2 is 1.66 bits per heavy atom. The number of nitrogens with zero attached hydrogens (tertiary/aromatic N) is 2. The SMILES string of the molecule is CCOC(=O)C1CCC(CNC(=O)Nc2cc3c(cc2Oc2ccccc2)n(C)c(=O)n3C)CC1. The van der Waals surface area contributed by atoms with Crippen molar-refractivity contribution >= 4 is 28.7 Å². The highest BCUT2D eigenvalue weighted by Gasteiger charge is 2.27. The lowest BCUT2D eigenvalue weighted by Gasteiger charge is -2.27. The van der Waals surface area contributed by atoms with Gasteiger partial charge in [0.25, 0.3) is 0 Å². The summed E-state index contributed by atoms with van der Waals surface area (Å²) in [4.78, 5) is 37.2. The van der Waals surface area contributed by atoms with Crippen LogP contribution in [0.2, 0.25) is 0 Å². The number of fused-ring (bicyclic) bond motifs is 1. The van der Waals surface area contributed by atoms with Gasteiger partial charge in [-0.05, 0) is 56.7 Å². The van der Waals surface area contributed by atoms with Gasteiger partial charge in [-0.1, -0.05) is 18.2 Å². The van der Waals surface area contributed by atoms with E-state index >= 15 is 0 Å². The van der Waals surface area contributed by atoms with Crippen LogP contribution in [0, 0.1) is 11.8 Å². The van der Waals surface area contributed by atoms with Crippen LogP contribution < -0.4 is 21.1 Å². The number of amides is 2. The maximum atomic E-state index is 12.8. The van der Waals surface area contributed by atoms with E-state index < -0.39 is 0 Å². The highest BCUT2D eigenvalue weighted by molar-refractivity contribution is 5.94. The molecule has 0 bridgehead atoms. The van der Waals surface area contributed by atoms with Crippen LogP contribution in [0.4, 0.5) is 10.5 Å². The molecule has 2 amide bonds. The molecule has 9 nitrogen and oxygen atoms in total. The van der Waals surface area contributed by atoms with Crippen molar-refractivity contribution in [2.75, 3.05) is 18.5 Å². The van der Waals surface area contributed by atoms with Gasteiger partial charge in [-0.3, -0.25) is 13.9 Å². The minimum absolute atomic E-state index is 0.0398. The van der Waals surface area contributed by atoms with E-state index in [2.05, 4.69) is 10.6 Å². The van der Waals surface area contributed by atoms with Crippen LogP contribution in [-0.2, 0) is 23.6 Å². The van der Waals surface area contributed by atoms with Crippen molar-refractivity contribution < 1.29 is 19.1 Å². The van der Waals surface area contributed by atoms with Crippen LogP contribution in [0.3, 0.4) is 0 Å². The molecule has 1 aromatic heterocycles. The second-order valence-corrected chi connectivity index (χ2v) is 8.96. The quantitative estimate of drug-likeness (QED) is 0.494. The summed E-state index contributed by atoms with van der Waals surface area (Å²) in [5.41, 5.74) is 1.69. The molecule has 9 heteroatoms. The average Bonchev–Trinajstić information content (AvgIpc) is 3.07. The van der Waals surface area contributed by atoms with Gasteiger partial charge in [0, 0.05) is 26.7 Å². The Labute approximate surface area is 204 Å². The lowest BCUT2D eigenvalue weighted by atomic mass is 9.82. The van der Waals surface area contributed by atoms with E-state index in [1.54, 1.807) is 30.8 Å². The summed E-state index contributed by atoms with van der Waals surface area (Å²) in [6.45, 7) is 2.74. The predicted molar refractivity (Wildman–Crippen MR) is 134 cm³/mol. The Kier molecular flexibility index (Phi) is 7.43. The van der Waals surface area contributed by atoms with E-state index in [0.29, 0.717) is 47.3 Å². The number of aryl methyl sites for hydroxylation is 2. The van der Waals surface area contributed by atoms with Gasteiger partial charge in [-0.15, -0.1) is 0 Å². The lowest BCUT2D eigenvalue weighted by Crippen LogP contribution is -2.35. The van der Waals surface area contributed by atoms with Gasteiger partial charge in [0.15, 0.2) is 5.75 Å². The third-order valence-corrected chi connectivity index (χ3v) is 6.61. The number of para-hydroxylation sites is 1. The number of aromatic nitrogens is 2. The number of nitrogens with one attached hydrogen (secondary N) is 2. The number of hydrogen-bond donors (Lipinski definition) is 2. The third-order valence-electron chi connectivity index (χ3n) is 6.61. The Morgan fingerprint density at radius 1 is 1.00 bits per heavy atom. The first kappa shape index (κ1) is 24.4. The molecule has 0 saturated heterocycles. The normalized spacial score (nSPS) is 17.7. The van der Waals surface area contributed by atoms with Gasteiger partial charge in [-0.2, -0.15) is 0 Å². The molecule has 0 radical (unpaired) electrons. The second-order valence-electron chi connectivity index (χ2n) is 8.96. The third kappa shape index (κ3) is 5.50. The van der Waals surface area contributed by atoms with E-state index in [1.807, 2.05) is 37.3 Å². The van der Waals surface area contributed by atoms with Crippen molar-refractivity contribution in [3.8, 4) is 11.5 Å². The van der Waals surface area contributed by atoms with Crippen molar-refractivity contribution in [2.24, 2.45) is 25.9 Å². The Balaban J connectivity index is 1.45. The van der Waals surface area contributed by atoms with E-state index in [1.165, 1.54) is 4.57 Å². The molecule has 1 saturated carbocycles. The number of rotatable bonds is 7. The highest BCUT2D eigenvalue weighted by atomic mass is 16.5. The van der Waals surface area contributed by atoms with Gasteiger partial charge < -0.3 is 20.1 Å². The first-order valence-electron chi connectivity index (χ1n) is 12.0. The molecule has 3 aromatic rings. The summed E-state index contributed by atoms with van der Waals surface area (Å²) < 4.78 is 14.3. The molecule has 2 N–H and O–H groups in total. The molecule has 0 spiro atoms. The topological polar surface area (TPSA) is 104 Å². The van der Waals surface area contributed by atoms with Crippen LogP contribution >= 0.6 is 0 Å². The largest absolute Gasteiger partial charge is 0.466 e. The zero-order valence-corrected chi connectivity index (χ0v) is 20.4. The van der Waals surface area contributed by atoms with Crippen LogP contribution in [0.5, 0.6) is 11.5 Å². The highest BCUT2D eigenvalue weighted by Crippen LogP contribution is 2.34. The summed E-state index contributed by atoms with van der Waals surface area (Å²) in [6.07, 6.45) is 3.29. The fourth-order valence-corrected chi connectivity index (χ4v) is 4.59. The summed E-state index contributed by atoms with van der Waals surface area (Å²) in [5, 5.41) is 5.83.